The molecule has 0 aliphatic heterocycles. The van der Waals surface area contributed by atoms with Gasteiger partial charge in [0.05, 0.1) is 17.1 Å². The van der Waals surface area contributed by atoms with Crippen LogP contribution in [0.25, 0.3) is 11.0 Å². The third-order valence-electron chi connectivity index (χ3n) is 3.00. The van der Waals surface area contributed by atoms with Crippen LogP contribution in [-0.4, -0.2) is 21.9 Å². The Balaban J connectivity index is 2.21. The van der Waals surface area contributed by atoms with Crippen molar-refractivity contribution in [3.05, 3.63) is 28.7 Å². The molecule has 19 heavy (non-hydrogen) atoms. The third kappa shape index (κ3) is 2.85. The number of rotatable bonds is 2. The minimum Gasteiger partial charge on any atom is -0.325 e. The Morgan fingerprint density at radius 3 is 2.53 bits per heavy atom. The molecule has 0 unspecified atom stereocenters. The van der Waals surface area contributed by atoms with Crippen LogP contribution in [0.1, 0.15) is 20.8 Å². The number of hydrogen-bond donors (Lipinski definition) is 4. The van der Waals surface area contributed by atoms with Crippen LogP contribution in [0.15, 0.2) is 23.0 Å². The number of amides is 1. The van der Waals surface area contributed by atoms with Crippen molar-refractivity contribution in [2.45, 2.75) is 26.8 Å². The summed E-state index contributed by atoms with van der Waals surface area (Å²) < 4.78 is 0. The quantitative estimate of drug-likeness (QED) is 0.653. The molecule has 1 atom stereocenters. The molecule has 0 saturated carbocycles. The van der Waals surface area contributed by atoms with E-state index < -0.39 is 6.04 Å². The second kappa shape index (κ2) is 4.55. The highest BCUT2D eigenvalue weighted by molar-refractivity contribution is 5.96. The zero-order valence-corrected chi connectivity index (χ0v) is 11.2. The lowest BCUT2D eigenvalue weighted by molar-refractivity contribution is -0.119. The fraction of sp³-hybridized carbons (Fsp3) is 0.385. The molecule has 6 heteroatoms. The zero-order chi connectivity index (χ0) is 14.2. The molecule has 102 valence electrons. The molecule has 1 heterocycles. The van der Waals surface area contributed by atoms with Gasteiger partial charge in [-0.15, -0.1) is 0 Å². The van der Waals surface area contributed by atoms with Crippen molar-refractivity contribution < 1.29 is 4.79 Å². The maximum absolute atomic E-state index is 12.0. The maximum atomic E-state index is 12.0. The molecule has 6 nitrogen and oxygen atoms in total. The second-order valence-electron chi connectivity index (χ2n) is 5.67. The second-order valence-corrected chi connectivity index (χ2v) is 5.67. The number of nitrogens with two attached hydrogens (primary N) is 1. The summed E-state index contributed by atoms with van der Waals surface area (Å²) in [5.74, 6) is -0.246. The van der Waals surface area contributed by atoms with Gasteiger partial charge in [-0.05, 0) is 23.6 Å². The topological polar surface area (TPSA) is 104 Å². The molecule has 1 aromatic heterocycles. The van der Waals surface area contributed by atoms with Gasteiger partial charge in [0, 0.05) is 5.69 Å². The van der Waals surface area contributed by atoms with E-state index >= 15 is 0 Å². The molecular formula is C13H18N4O2. The first-order valence-corrected chi connectivity index (χ1v) is 6.06. The van der Waals surface area contributed by atoms with Crippen LogP contribution in [0.4, 0.5) is 5.69 Å². The van der Waals surface area contributed by atoms with E-state index in [9.17, 15) is 9.59 Å². The first-order valence-electron chi connectivity index (χ1n) is 6.06. The summed E-state index contributed by atoms with van der Waals surface area (Å²) in [5, 5.41) is 2.75. The summed E-state index contributed by atoms with van der Waals surface area (Å²) >= 11 is 0. The Hall–Kier alpha value is -2.08. The summed E-state index contributed by atoms with van der Waals surface area (Å²) in [7, 11) is 0. The number of anilines is 1. The van der Waals surface area contributed by atoms with Gasteiger partial charge in [0.2, 0.25) is 5.91 Å². The molecule has 2 rings (SSSR count). The van der Waals surface area contributed by atoms with Crippen LogP contribution in [0.2, 0.25) is 0 Å². The molecule has 1 amide bonds. The number of carbonyl (C=O) groups excluding carboxylic acids is 1. The van der Waals surface area contributed by atoms with Gasteiger partial charge in [-0.1, -0.05) is 20.8 Å². The molecule has 0 radical (unpaired) electrons. The molecule has 0 bridgehead atoms. The lowest BCUT2D eigenvalue weighted by Crippen LogP contribution is -2.45. The molecule has 0 spiro atoms. The molecule has 0 saturated heterocycles. The third-order valence-corrected chi connectivity index (χ3v) is 3.00. The number of H-pyrrole nitrogens is 2. The number of carbonyl (C=O) groups is 1. The van der Waals surface area contributed by atoms with E-state index in [1.165, 1.54) is 0 Å². The Labute approximate surface area is 110 Å². The van der Waals surface area contributed by atoms with Crippen LogP contribution in [0.5, 0.6) is 0 Å². The fourth-order valence-corrected chi connectivity index (χ4v) is 1.72. The smallest absolute Gasteiger partial charge is 0.323 e. The number of benzene rings is 1. The van der Waals surface area contributed by atoms with Crippen molar-refractivity contribution >= 4 is 22.6 Å². The maximum Gasteiger partial charge on any atom is 0.323 e. The van der Waals surface area contributed by atoms with Gasteiger partial charge >= 0.3 is 5.69 Å². The van der Waals surface area contributed by atoms with Crippen LogP contribution in [-0.2, 0) is 4.79 Å². The van der Waals surface area contributed by atoms with E-state index in [2.05, 4.69) is 15.3 Å². The number of nitrogens with one attached hydrogen (secondary N) is 3. The van der Waals surface area contributed by atoms with Gasteiger partial charge in [0.25, 0.3) is 0 Å². The minimum absolute atomic E-state index is 0.246. The average molecular weight is 262 g/mol. The van der Waals surface area contributed by atoms with Crippen molar-refractivity contribution in [1.29, 1.82) is 0 Å². The van der Waals surface area contributed by atoms with Crippen LogP contribution in [0.3, 0.4) is 0 Å². The van der Waals surface area contributed by atoms with E-state index in [1.54, 1.807) is 18.2 Å². The molecule has 2 aromatic rings. The molecular weight excluding hydrogens is 244 g/mol. The Morgan fingerprint density at radius 1 is 1.26 bits per heavy atom. The Bertz CT molecular complexity index is 663. The number of aromatic amines is 2. The summed E-state index contributed by atoms with van der Waals surface area (Å²) in [6.45, 7) is 5.72. The van der Waals surface area contributed by atoms with Crippen molar-refractivity contribution in [3.8, 4) is 0 Å². The van der Waals surface area contributed by atoms with Gasteiger partial charge in [-0.2, -0.15) is 0 Å². The lowest BCUT2D eigenvalue weighted by Gasteiger charge is -2.25. The van der Waals surface area contributed by atoms with Crippen LogP contribution >= 0.6 is 0 Å². The minimum atomic E-state index is -0.603. The summed E-state index contributed by atoms with van der Waals surface area (Å²) in [5.41, 5.74) is 7.25. The number of fused-ring (bicyclic) bond motifs is 1. The predicted octanol–water partition coefficient (Wildman–Crippen LogP) is 1.17. The molecule has 5 N–H and O–H groups in total. The number of hydrogen-bond acceptors (Lipinski definition) is 3. The van der Waals surface area contributed by atoms with Gasteiger partial charge in [-0.25, -0.2) is 4.79 Å². The first-order chi connectivity index (χ1) is 8.77. The van der Waals surface area contributed by atoms with E-state index in [0.717, 1.165) is 0 Å². The van der Waals surface area contributed by atoms with E-state index in [1.807, 2.05) is 20.8 Å². The molecule has 0 aliphatic rings. The summed E-state index contributed by atoms with van der Waals surface area (Å²) in [6, 6.07) is 4.54. The van der Waals surface area contributed by atoms with Crippen LogP contribution < -0.4 is 16.7 Å². The van der Waals surface area contributed by atoms with Crippen LogP contribution in [0, 0.1) is 5.41 Å². The highest BCUT2D eigenvalue weighted by atomic mass is 16.2. The van der Waals surface area contributed by atoms with E-state index in [0.29, 0.717) is 16.7 Å². The number of aromatic nitrogens is 2. The summed E-state index contributed by atoms with van der Waals surface area (Å²) in [6.07, 6.45) is 0. The predicted molar refractivity (Wildman–Crippen MR) is 75.0 cm³/mol. The van der Waals surface area contributed by atoms with Gasteiger partial charge in [0.15, 0.2) is 0 Å². The Morgan fingerprint density at radius 2 is 1.89 bits per heavy atom. The van der Waals surface area contributed by atoms with Crippen molar-refractivity contribution in [2.24, 2.45) is 11.1 Å². The zero-order valence-electron chi connectivity index (χ0n) is 11.2. The highest BCUT2D eigenvalue weighted by Gasteiger charge is 2.27. The van der Waals surface area contributed by atoms with Gasteiger partial charge < -0.3 is 21.0 Å². The van der Waals surface area contributed by atoms with E-state index in [4.69, 9.17) is 5.73 Å². The van der Waals surface area contributed by atoms with Crippen molar-refractivity contribution in [2.75, 3.05) is 5.32 Å². The SMILES string of the molecule is CC(C)(C)[C@H](N)C(=O)Nc1ccc2[nH]c(=O)[nH]c2c1. The molecule has 1 aromatic carbocycles. The van der Waals surface area contributed by atoms with Gasteiger partial charge in [0.1, 0.15) is 0 Å². The standard InChI is InChI=1S/C13H18N4O2/c1-13(2,3)10(14)11(18)15-7-4-5-8-9(6-7)17-12(19)16-8/h4-6,10H,14H2,1-3H3,(H,15,18)(H2,16,17,19)/t10-/m1/s1. The Kier molecular flexibility index (Phi) is 3.20. The number of imidazole rings is 1. The normalized spacial score (nSPS) is 13.5. The van der Waals surface area contributed by atoms with E-state index in [-0.39, 0.29) is 17.0 Å². The molecule has 0 fully saturated rings. The summed E-state index contributed by atoms with van der Waals surface area (Å²) in [4.78, 5) is 28.4. The monoisotopic (exact) mass is 262 g/mol. The lowest BCUT2D eigenvalue weighted by atomic mass is 9.87. The van der Waals surface area contributed by atoms with Crippen molar-refractivity contribution in [1.82, 2.24) is 9.97 Å². The van der Waals surface area contributed by atoms with Crippen molar-refractivity contribution in [3.63, 3.8) is 0 Å². The fourth-order valence-electron chi connectivity index (χ4n) is 1.72. The van der Waals surface area contributed by atoms with Gasteiger partial charge in [-0.3, -0.25) is 4.79 Å². The largest absolute Gasteiger partial charge is 0.325 e. The molecule has 0 aliphatic carbocycles. The average Bonchev–Trinajstić information content (AvgIpc) is 2.66. The first kappa shape index (κ1) is 13.4. The highest BCUT2D eigenvalue weighted by Crippen LogP contribution is 2.20.